The van der Waals surface area contributed by atoms with Gasteiger partial charge in [-0.2, -0.15) is 0 Å². The fraction of sp³-hybridized carbons (Fsp3) is 0.250. The van der Waals surface area contributed by atoms with E-state index in [1.54, 1.807) is 6.08 Å². The first-order valence-electron chi connectivity index (χ1n) is 4.56. The first-order chi connectivity index (χ1) is 6.50. The fourth-order valence-electron chi connectivity index (χ4n) is 1.33. The molecule has 0 spiro atoms. The quantitative estimate of drug-likeness (QED) is 0.711. The molecule has 0 aliphatic heterocycles. The Kier molecular flexibility index (Phi) is 3.07. The van der Waals surface area contributed by atoms with Crippen LogP contribution in [0.3, 0.4) is 0 Å². The topological polar surface area (TPSA) is 43.1 Å². The molecule has 0 aliphatic rings. The van der Waals surface area contributed by atoms with Crippen molar-refractivity contribution in [1.82, 2.24) is 0 Å². The summed E-state index contributed by atoms with van der Waals surface area (Å²) in [5, 5.41) is 0. The van der Waals surface area contributed by atoms with Gasteiger partial charge in [-0.3, -0.25) is 4.79 Å². The maximum absolute atomic E-state index is 10.6. The van der Waals surface area contributed by atoms with Crippen molar-refractivity contribution in [3.8, 4) is 0 Å². The zero-order valence-electron chi connectivity index (χ0n) is 8.79. The van der Waals surface area contributed by atoms with E-state index in [9.17, 15) is 4.79 Å². The highest BCUT2D eigenvalue weighted by Gasteiger charge is 1.98. The van der Waals surface area contributed by atoms with Gasteiger partial charge in [0.05, 0.1) is 0 Å². The third-order valence-corrected chi connectivity index (χ3v) is 2.31. The summed E-state index contributed by atoms with van der Waals surface area (Å²) >= 11 is 0. The third-order valence-electron chi connectivity index (χ3n) is 2.31. The van der Waals surface area contributed by atoms with Crippen LogP contribution in [-0.4, -0.2) is 5.91 Å². The molecule has 0 unspecified atom stereocenters. The summed E-state index contributed by atoms with van der Waals surface area (Å²) in [5.74, 6) is -0.414. The number of rotatable bonds is 2. The Labute approximate surface area is 84.4 Å². The summed E-state index contributed by atoms with van der Waals surface area (Å²) in [5.41, 5.74) is 9.72. The Hall–Kier alpha value is -1.57. The van der Waals surface area contributed by atoms with E-state index < -0.39 is 5.91 Å². The summed E-state index contributed by atoms with van der Waals surface area (Å²) in [6.07, 6.45) is 3.14. The van der Waals surface area contributed by atoms with E-state index in [4.69, 9.17) is 5.73 Å². The van der Waals surface area contributed by atoms with Gasteiger partial charge in [-0.05, 0) is 49.1 Å². The van der Waals surface area contributed by atoms with Crippen molar-refractivity contribution in [2.45, 2.75) is 20.8 Å². The maximum Gasteiger partial charge on any atom is 0.241 e. The first kappa shape index (κ1) is 10.5. The van der Waals surface area contributed by atoms with Crippen molar-refractivity contribution in [3.63, 3.8) is 0 Å². The van der Waals surface area contributed by atoms with E-state index in [1.165, 1.54) is 17.2 Å². The summed E-state index contributed by atoms with van der Waals surface area (Å²) in [6.45, 7) is 6.15. The number of amides is 1. The molecule has 0 aliphatic carbocycles. The standard InChI is InChI=1S/C12H15NO/c1-8-6-10(3)11(7-9(8)2)4-5-12(13)14/h4-7H,1-3H3,(H2,13,14). The Bertz CT molecular complexity index is 392. The molecule has 0 heterocycles. The van der Waals surface area contributed by atoms with Crippen LogP contribution < -0.4 is 5.73 Å². The Morgan fingerprint density at radius 3 is 2.29 bits per heavy atom. The molecule has 0 saturated carbocycles. The SMILES string of the molecule is Cc1cc(C)c(C=CC(N)=O)cc1C. The second-order valence-electron chi connectivity index (χ2n) is 3.53. The van der Waals surface area contributed by atoms with Gasteiger partial charge in [0.25, 0.3) is 0 Å². The second-order valence-corrected chi connectivity index (χ2v) is 3.53. The number of aryl methyl sites for hydroxylation is 3. The largest absolute Gasteiger partial charge is 0.366 e. The molecule has 1 aromatic rings. The number of hydrogen-bond donors (Lipinski definition) is 1. The number of carbonyl (C=O) groups excluding carboxylic acids is 1. The number of hydrogen-bond acceptors (Lipinski definition) is 1. The van der Waals surface area contributed by atoms with Crippen LogP contribution >= 0.6 is 0 Å². The van der Waals surface area contributed by atoms with Crippen LogP contribution in [0.4, 0.5) is 0 Å². The molecule has 2 heteroatoms. The van der Waals surface area contributed by atoms with Crippen LogP contribution in [0.5, 0.6) is 0 Å². The smallest absolute Gasteiger partial charge is 0.241 e. The van der Waals surface area contributed by atoms with E-state index >= 15 is 0 Å². The third kappa shape index (κ3) is 2.46. The molecule has 74 valence electrons. The lowest BCUT2D eigenvalue weighted by molar-refractivity contribution is -0.113. The van der Waals surface area contributed by atoms with Crippen LogP contribution in [0.15, 0.2) is 18.2 Å². The van der Waals surface area contributed by atoms with E-state index in [1.807, 2.05) is 6.92 Å². The lowest BCUT2D eigenvalue weighted by Crippen LogP contribution is -2.05. The van der Waals surface area contributed by atoms with E-state index in [0.29, 0.717) is 0 Å². The van der Waals surface area contributed by atoms with Crippen molar-refractivity contribution in [2.75, 3.05) is 0 Å². The molecule has 0 radical (unpaired) electrons. The molecule has 0 fully saturated rings. The Morgan fingerprint density at radius 1 is 1.14 bits per heavy atom. The summed E-state index contributed by atoms with van der Waals surface area (Å²) in [6, 6.07) is 4.17. The first-order valence-corrected chi connectivity index (χ1v) is 4.56. The Balaban J connectivity index is 3.10. The molecule has 0 aromatic heterocycles. The summed E-state index contributed by atoms with van der Waals surface area (Å²) in [7, 11) is 0. The van der Waals surface area contributed by atoms with Gasteiger partial charge in [0, 0.05) is 6.08 Å². The van der Waals surface area contributed by atoms with Crippen molar-refractivity contribution >= 4 is 12.0 Å². The fourth-order valence-corrected chi connectivity index (χ4v) is 1.33. The van der Waals surface area contributed by atoms with Crippen molar-refractivity contribution in [2.24, 2.45) is 5.73 Å². The minimum atomic E-state index is -0.414. The summed E-state index contributed by atoms with van der Waals surface area (Å²) < 4.78 is 0. The molecule has 1 amide bonds. The maximum atomic E-state index is 10.6. The molecule has 0 atom stereocenters. The van der Waals surface area contributed by atoms with Crippen LogP contribution in [0.25, 0.3) is 6.08 Å². The van der Waals surface area contributed by atoms with Crippen molar-refractivity contribution in [3.05, 3.63) is 40.5 Å². The zero-order chi connectivity index (χ0) is 10.7. The number of benzene rings is 1. The van der Waals surface area contributed by atoms with Gasteiger partial charge in [0.2, 0.25) is 5.91 Å². The molecular formula is C12H15NO. The molecule has 1 rings (SSSR count). The highest BCUT2D eigenvalue weighted by molar-refractivity contribution is 5.90. The van der Waals surface area contributed by atoms with Gasteiger partial charge in [0.15, 0.2) is 0 Å². The lowest BCUT2D eigenvalue weighted by atomic mass is 10.0. The van der Waals surface area contributed by atoms with Crippen molar-refractivity contribution in [1.29, 1.82) is 0 Å². The molecule has 2 nitrogen and oxygen atoms in total. The van der Waals surface area contributed by atoms with E-state index in [-0.39, 0.29) is 0 Å². The van der Waals surface area contributed by atoms with Gasteiger partial charge in [-0.1, -0.05) is 12.1 Å². The molecule has 2 N–H and O–H groups in total. The van der Waals surface area contributed by atoms with Crippen molar-refractivity contribution < 1.29 is 4.79 Å². The van der Waals surface area contributed by atoms with Crippen LogP contribution in [0, 0.1) is 20.8 Å². The minimum Gasteiger partial charge on any atom is -0.366 e. The monoisotopic (exact) mass is 189 g/mol. The van der Waals surface area contributed by atoms with Gasteiger partial charge < -0.3 is 5.73 Å². The number of carbonyl (C=O) groups is 1. The minimum absolute atomic E-state index is 0.414. The second kappa shape index (κ2) is 4.09. The molecule has 14 heavy (non-hydrogen) atoms. The van der Waals surface area contributed by atoms with Crippen LogP contribution in [0.2, 0.25) is 0 Å². The van der Waals surface area contributed by atoms with E-state index in [0.717, 1.165) is 11.1 Å². The molecule has 0 saturated heterocycles. The molecular weight excluding hydrogens is 174 g/mol. The molecule has 0 bridgehead atoms. The van der Waals surface area contributed by atoms with Gasteiger partial charge in [0.1, 0.15) is 0 Å². The average Bonchev–Trinajstić information content (AvgIpc) is 2.09. The predicted molar refractivity (Wildman–Crippen MR) is 58.9 cm³/mol. The molecule has 1 aromatic carbocycles. The normalized spacial score (nSPS) is 10.8. The van der Waals surface area contributed by atoms with Gasteiger partial charge >= 0.3 is 0 Å². The Morgan fingerprint density at radius 2 is 1.71 bits per heavy atom. The van der Waals surface area contributed by atoms with Crippen LogP contribution in [0.1, 0.15) is 22.3 Å². The highest BCUT2D eigenvalue weighted by atomic mass is 16.1. The lowest BCUT2D eigenvalue weighted by Gasteiger charge is -2.05. The number of nitrogens with two attached hydrogens (primary N) is 1. The van der Waals surface area contributed by atoms with Gasteiger partial charge in [-0.15, -0.1) is 0 Å². The highest BCUT2D eigenvalue weighted by Crippen LogP contribution is 2.16. The summed E-state index contributed by atoms with van der Waals surface area (Å²) in [4.78, 5) is 10.6. The predicted octanol–water partition coefficient (Wildman–Crippen LogP) is 2.11. The van der Waals surface area contributed by atoms with Gasteiger partial charge in [-0.25, -0.2) is 0 Å². The number of primary amides is 1. The van der Waals surface area contributed by atoms with Crippen LogP contribution in [-0.2, 0) is 4.79 Å². The zero-order valence-corrected chi connectivity index (χ0v) is 8.79. The average molecular weight is 189 g/mol. The van der Waals surface area contributed by atoms with E-state index in [2.05, 4.69) is 26.0 Å².